The Kier molecular flexibility index (Phi) is 4.40. The molecule has 1 fully saturated rings. The second-order valence-electron chi connectivity index (χ2n) is 4.70. The Morgan fingerprint density at radius 2 is 1.80 bits per heavy atom. The van der Waals surface area contributed by atoms with Crippen LogP contribution < -0.4 is 0 Å². The molecule has 0 atom stereocenters. The average Bonchev–Trinajstić information content (AvgIpc) is 2.15. The lowest BCUT2D eigenvalue weighted by atomic mass is 10.2. The van der Waals surface area contributed by atoms with Gasteiger partial charge in [0.05, 0.1) is 5.45 Å². The summed E-state index contributed by atoms with van der Waals surface area (Å²) in [7, 11) is 0. The monoisotopic (exact) mass is 278 g/mol. The fourth-order valence-electron chi connectivity index (χ4n) is 1.38. The van der Waals surface area contributed by atoms with Crippen LogP contribution in [0.3, 0.4) is 0 Å². The molecule has 0 aromatic heterocycles. The molecule has 4 nitrogen and oxygen atoms in total. The summed E-state index contributed by atoms with van der Waals surface area (Å²) in [6, 6.07) is 0. The van der Waals surface area contributed by atoms with Gasteiger partial charge in [-0.15, -0.1) is 0 Å². The van der Waals surface area contributed by atoms with Crippen molar-refractivity contribution in [3.8, 4) is 0 Å². The summed E-state index contributed by atoms with van der Waals surface area (Å²) in [6.45, 7) is 8.98. The molecule has 1 heterocycles. The van der Waals surface area contributed by atoms with Crippen molar-refractivity contribution in [1.29, 1.82) is 0 Å². The molecule has 1 amide bonds. The van der Waals surface area contributed by atoms with Crippen LogP contribution in [0.1, 0.15) is 20.8 Å². The van der Waals surface area contributed by atoms with Gasteiger partial charge >= 0.3 is 6.09 Å². The van der Waals surface area contributed by atoms with Gasteiger partial charge in [0.1, 0.15) is 5.60 Å². The molecular weight excluding hydrogens is 260 g/mol. The number of carbonyl (C=O) groups is 1. The van der Waals surface area contributed by atoms with Gasteiger partial charge in [-0.2, -0.15) is 0 Å². The third-order valence-electron chi connectivity index (χ3n) is 2.19. The predicted molar refractivity (Wildman–Crippen MR) is 63.2 cm³/mol. The van der Waals surface area contributed by atoms with Gasteiger partial charge in [-0.05, 0) is 20.8 Å². The van der Waals surface area contributed by atoms with Gasteiger partial charge in [0, 0.05) is 26.2 Å². The lowest BCUT2D eigenvalue weighted by Crippen LogP contribution is -2.49. The molecule has 1 aliphatic rings. The van der Waals surface area contributed by atoms with Gasteiger partial charge in [0.2, 0.25) is 0 Å². The quantitative estimate of drug-likeness (QED) is 0.543. The van der Waals surface area contributed by atoms with Crippen LogP contribution in [0.5, 0.6) is 0 Å². The third kappa shape index (κ3) is 4.38. The van der Waals surface area contributed by atoms with Crippen molar-refractivity contribution >= 4 is 22.0 Å². The van der Waals surface area contributed by atoms with Gasteiger partial charge in [-0.3, -0.25) is 4.90 Å². The van der Waals surface area contributed by atoms with E-state index in [1.807, 2.05) is 20.8 Å². The maximum absolute atomic E-state index is 11.7. The molecule has 0 radical (unpaired) electrons. The third-order valence-corrected chi connectivity index (χ3v) is 2.90. The van der Waals surface area contributed by atoms with Crippen LogP contribution >= 0.6 is 15.9 Å². The van der Waals surface area contributed by atoms with E-state index in [2.05, 4.69) is 20.8 Å². The number of halogens is 1. The number of alkyl halides is 1. The molecule has 5 heteroatoms. The lowest BCUT2D eigenvalue weighted by molar-refractivity contribution is 0.0161. The van der Waals surface area contributed by atoms with Crippen LogP contribution in [-0.4, -0.2) is 53.1 Å². The minimum Gasteiger partial charge on any atom is -0.444 e. The molecule has 88 valence electrons. The molecule has 1 saturated heterocycles. The first kappa shape index (κ1) is 12.8. The summed E-state index contributed by atoms with van der Waals surface area (Å²) < 4.78 is 5.30. The van der Waals surface area contributed by atoms with E-state index >= 15 is 0 Å². The fourth-order valence-corrected chi connectivity index (χ4v) is 1.88. The largest absolute Gasteiger partial charge is 0.444 e. The second kappa shape index (κ2) is 5.16. The zero-order valence-electron chi connectivity index (χ0n) is 9.62. The number of piperazine rings is 1. The van der Waals surface area contributed by atoms with E-state index in [1.165, 1.54) is 0 Å². The van der Waals surface area contributed by atoms with Gasteiger partial charge in [-0.25, -0.2) is 4.79 Å². The standard InChI is InChI=1S/C10H19BrN2O2/c1-10(2,3)15-9(14)13-6-4-12(8-11)5-7-13/h4-8H2,1-3H3. The number of amides is 1. The van der Waals surface area contributed by atoms with Crippen LogP contribution in [-0.2, 0) is 4.74 Å². The Balaban J connectivity index is 2.37. The van der Waals surface area contributed by atoms with Gasteiger partial charge in [0.15, 0.2) is 0 Å². The molecule has 1 rings (SSSR count). The molecule has 0 N–H and O–H groups in total. The van der Waals surface area contributed by atoms with Crippen molar-refractivity contribution in [2.75, 3.05) is 31.6 Å². The van der Waals surface area contributed by atoms with Gasteiger partial charge < -0.3 is 9.64 Å². The molecule has 15 heavy (non-hydrogen) atoms. The topological polar surface area (TPSA) is 32.8 Å². The van der Waals surface area contributed by atoms with E-state index in [1.54, 1.807) is 4.90 Å². The van der Waals surface area contributed by atoms with E-state index in [9.17, 15) is 4.79 Å². The summed E-state index contributed by atoms with van der Waals surface area (Å²) >= 11 is 3.41. The van der Waals surface area contributed by atoms with Crippen molar-refractivity contribution in [1.82, 2.24) is 9.80 Å². The maximum atomic E-state index is 11.7. The first-order valence-corrected chi connectivity index (χ1v) is 6.31. The molecule has 0 unspecified atom stereocenters. The van der Waals surface area contributed by atoms with Crippen LogP contribution in [0, 0.1) is 0 Å². The molecule has 0 bridgehead atoms. The molecular formula is C10H19BrN2O2. The summed E-state index contributed by atoms with van der Waals surface area (Å²) in [5, 5.41) is 0. The first-order valence-electron chi connectivity index (χ1n) is 5.18. The Hall–Kier alpha value is -0.290. The predicted octanol–water partition coefficient (Wildman–Crippen LogP) is 1.89. The van der Waals surface area contributed by atoms with E-state index in [4.69, 9.17) is 4.74 Å². The van der Waals surface area contributed by atoms with E-state index < -0.39 is 5.60 Å². The molecule has 1 aliphatic heterocycles. The SMILES string of the molecule is CC(C)(C)OC(=O)N1CCN(CBr)CC1. The minimum absolute atomic E-state index is 0.197. The highest BCUT2D eigenvalue weighted by atomic mass is 79.9. The lowest BCUT2D eigenvalue weighted by Gasteiger charge is -2.34. The summed E-state index contributed by atoms with van der Waals surface area (Å²) in [5.41, 5.74) is 0.471. The maximum Gasteiger partial charge on any atom is 0.410 e. The summed E-state index contributed by atoms with van der Waals surface area (Å²) in [4.78, 5) is 15.7. The summed E-state index contributed by atoms with van der Waals surface area (Å²) in [5.74, 6) is 0. The number of rotatable bonds is 1. The Bertz CT molecular complexity index is 220. The highest BCUT2D eigenvalue weighted by molar-refractivity contribution is 9.09. The zero-order valence-corrected chi connectivity index (χ0v) is 11.2. The fraction of sp³-hybridized carbons (Fsp3) is 0.900. The molecule has 0 aromatic carbocycles. The normalized spacial score (nSPS) is 19.1. The average molecular weight is 279 g/mol. The van der Waals surface area contributed by atoms with Crippen LogP contribution in [0.2, 0.25) is 0 Å². The second-order valence-corrected chi connectivity index (χ2v) is 5.21. The van der Waals surface area contributed by atoms with E-state index in [0.29, 0.717) is 0 Å². The van der Waals surface area contributed by atoms with Crippen molar-refractivity contribution in [3.05, 3.63) is 0 Å². The Morgan fingerprint density at radius 3 is 2.20 bits per heavy atom. The molecule has 0 aromatic rings. The van der Waals surface area contributed by atoms with Crippen molar-refractivity contribution in [3.63, 3.8) is 0 Å². The van der Waals surface area contributed by atoms with Crippen LogP contribution in [0.15, 0.2) is 0 Å². The molecule has 0 saturated carbocycles. The van der Waals surface area contributed by atoms with Gasteiger partial charge in [-0.1, -0.05) is 15.9 Å². The van der Waals surface area contributed by atoms with E-state index in [-0.39, 0.29) is 6.09 Å². The molecule has 0 spiro atoms. The highest BCUT2D eigenvalue weighted by Crippen LogP contribution is 2.11. The number of ether oxygens (including phenoxy) is 1. The minimum atomic E-state index is -0.399. The molecule has 0 aliphatic carbocycles. The smallest absolute Gasteiger partial charge is 0.410 e. The van der Waals surface area contributed by atoms with Crippen LogP contribution in [0.4, 0.5) is 4.79 Å². The van der Waals surface area contributed by atoms with Crippen molar-refractivity contribution in [2.24, 2.45) is 0 Å². The van der Waals surface area contributed by atoms with E-state index in [0.717, 1.165) is 31.6 Å². The summed E-state index contributed by atoms with van der Waals surface area (Å²) in [6.07, 6.45) is -0.197. The Morgan fingerprint density at radius 1 is 1.27 bits per heavy atom. The number of carbonyl (C=O) groups excluding carboxylic acids is 1. The van der Waals surface area contributed by atoms with Crippen molar-refractivity contribution < 1.29 is 9.53 Å². The number of nitrogens with zero attached hydrogens (tertiary/aromatic N) is 2. The van der Waals surface area contributed by atoms with Gasteiger partial charge in [0.25, 0.3) is 0 Å². The first-order chi connectivity index (χ1) is 6.92. The van der Waals surface area contributed by atoms with Crippen molar-refractivity contribution in [2.45, 2.75) is 26.4 Å². The highest BCUT2D eigenvalue weighted by Gasteiger charge is 2.25. The Labute approximate surface area is 99.7 Å². The zero-order chi connectivity index (χ0) is 11.5. The number of hydrogen-bond donors (Lipinski definition) is 0. The van der Waals surface area contributed by atoms with Crippen LogP contribution in [0.25, 0.3) is 0 Å². The number of hydrogen-bond acceptors (Lipinski definition) is 3.